The fourth-order valence-electron chi connectivity index (χ4n) is 2.21. The highest BCUT2D eigenvalue weighted by molar-refractivity contribution is 5.62. The van der Waals surface area contributed by atoms with Crippen molar-refractivity contribution in [2.45, 2.75) is 25.3 Å². The van der Waals surface area contributed by atoms with Gasteiger partial charge in [0, 0.05) is 5.56 Å². The summed E-state index contributed by atoms with van der Waals surface area (Å²) in [6, 6.07) is 5.91. The van der Waals surface area contributed by atoms with E-state index in [1.54, 1.807) is 18.2 Å². The number of rotatable bonds is 3. The average molecular weight is 220 g/mol. The second kappa shape index (κ2) is 5.21. The molecule has 2 nitrogen and oxygen atoms in total. The molecule has 1 fully saturated rings. The lowest BCUT2D eigenvalue weighted by Crippen LogP contribution is -2.34. The quantitative estimate of drug-likeness (QED) is 0.780. The van der Waals surface area contributed by atoms with Gasteiger partial charge in [-0.05, 0) is 32.0 Å². The van der Waals surface area contributed by atoms with Crippen molar-refractivity contribution in [1.29, 1.82) is 0 Å². The highest BCUT2D eigenvalue weighted by Gasteiger charge is 2.24. The Morgan fingerprint density at radius 2 is 1.88 bits per heavy atom. The van der Waals surface area contributed by atoms with Gasteiger partial charge in [0.25, 0.3) is 0 Å². The molecule has 2 rings (SSSR count). The number of carbonyl (C=O) groups excluding carboxylic acids is 1. The van der Waals surface area contributed by atoms with E-state index < -0.39 is 6.04 Å². The third-order valence-electron chi connectivity index (χ3n) is 3.07. The predicted octanol–water partition coefficient (Wildman–Crippen LogP) is 2.46. The van der Waals surface area contributed by atoms with Crippen molar-refractivity contribution < 1.29 is 9.18 Å². The van der Waals surface area contributed by atoms with Crippen molar-refractivity contribution in [3.8, 4) is 0 Å². The van der Waals surface area contributed by atoms with Crippen LogP contribution in [0.3, 0.4) is 0 Å². The van der Waals surface area contributed by atoms with Gasteiger partial charge in [0.2, 0.25) is 6.29 Å². The summed E-state index contributed by atoms with van der Waals surface area (Å²) in [7, 11) is 0. The smallest absolute Gasteiger partial charge is 0.222 e. The molecule has 1 aromatic carbocycles. The minimum atomic E-state index is -0.540. The van der Waals surface area contributed by atoms with Crippen LogP contribution in [-0.4, -0.2) is 24.3 Å². The first-order chi connectivity index (χ1) is 7.83. The third-order valence-corrected chi connectivity index (χ3v) is 3.07. The Bertz CT molecular complexity index is 361. The van der Waals surface area contributed by atoms with E-state index in [2.05, 4.69) is 0 Å². The number of halogens is 1. The molecule has 1 aliphatic rings. The summed E-state index contributed by atoms with van der Waals surface area (Å²) >= 11 is 0. The first-order valence-electron chi connectivity index (χ1n) is 5.69. The molecule has 0 bridgehead atoms. The van der Waals surface area contributed by atoms with Crippen LogP contribution in [0.15, 0.2) is 24.3 Å². The number of nitrogens with zero attached hydrogens (tertiary/aromatic N) is 1. The van der Waals surface area contributed by atoms with E-state index in [1.165, 1.54) is 12.5 Å². The van der Waals surface area contributed by atoms with Gasteiger partial charge >= 0.3 is 0 Å². The minimum absolute atomic E-state index is 0.318. The van der Waals surface area contributed by atoms with Crippen LogP contribution in [0.4, 0.5) is 4.39 Å². The highest BCUT2D eigenvalue weighted by Crippen LogP contribution is 2.24. The summed E-state index contributed by atoms with van der Waals surface area (Å²) in [5.41, 5.74) is 0.444. The summed E-state index contributed by atoms with van der Waals surface area (Å²) in [4.78, 5) is 13.0. The minimum Gasteiger partial charge on any atom is -0.289 e. The van der Waals surface area contributed by atoms with E-state index in [9.17, 15) is 9.18 Å². The predicted molar refractivity (Wildman–Crippen MR) is 60.3 cm³/mol. The van der Waals surface area contributed by atoms with Crippen LogP contribution < -0.4 is 0 Å². The summed E-state index contributed by atoms with van der Waals surface area (Å²) in [6.07, 6.45) is 5.31. The Kier molecular flexibility index (Phi) is 3.67. The molecule has 1 radical (unpaired) electrons. The van der Waals surface area contributed by atoms with Crippen LogP contribution in [0, 0.1) is 5.82 Å². The zero-order valence-corrected chi connectivity index (χ0v) is 9.16. The standard InChI is InChI=1S/C13H15FNO/c14-12-7-3-2-6-11(12)13(10-16)15-8-4-1-5-9-15/h2-3,6-7,13H,1,4-5,8-9H2/t13-/m0/s1. The van der Waals surface area contributed by atoms with Crippen LogP contribution in [0.25, 0.3) is 0 Å². The first kappa shape index (κ1) is 11.3. The monoisotopic (exact) mass is 220 g/mol. The van der Waals surface area contributed by atoms with Gasteiger partial charge in [0.15, 0.2) is 0 Å². The Balaban J connectivity index is 2.21. The maximum atomic E-state index is 13.6. The van der Waals surface area contributed by atoms with Crippen molar-refractivity contribution >= 4 is 6.29 Å². The van der Waals surface area contributed by atoms with Crippen LogP contribution in [0.2, 0.25) is 0 Å². The fraction of sp³-hybridized carbons (Fsp3) is 0.462. The second-order valence-corrected chi connectivity index (χ2v) is 4.14. The summed E-state index contributed by atoms with van der Waals surface area (Å²) < 4.78 is 13.6. The lowest BCUT2D eigenvalue weighted by atomic mass is 10.0. The van der Waals surface area contributed by atoms with Crippen LogP contribution in [0.1, 0.15) is 30.9 Å². The molecule has 85 valence electrons. The fourth-order valence-corrected chi connectivity index (χ4v) is 2.21. The molecule has 0 aromatic heterocycles. The molecular weight excluding hydrogens is 205 g/mol. The number of likely N-dealkylation sites (tertiary alicyclic amines) is 1. The van der Waals surface area contributed by atoms with Gasteiger partial charge in [0.05, 0.1) is 0 Å². The van der Waals surface area contributed by atoms with Gasteiger partial charge in [-0.1, -0.05) is 24.6 Å². The van der Waals surface area contributed by atoms with Crippen molar-refractivity contribution in [1.82, 2.24) is 4.90 Å². The van der Waals surface area contributed by atoms with Crippen molar-refractivity contribution in [2.75, 3.05) is 13.1 Å². The molecule has 1 aliphatic heterocycles. The van der Waals surface area contributed by atoms with Gasteiger partial charge in [-0.15, -0.1) is 0 Å². The zero-order valence-electron chi connectivity index (χ0n) is 9.16. The van der Waals surface area contributed by atoms with Gasteiger partial charge in [0.1, 0.15) is 11.9 Å². The molecule has 0 aliphatic carbocycles. The number of hydrogen-bond acceptors (Lipinski definition) is 2. The Hall–Kier alpha value is -1.22. The van der Waals surface area contributed by atoms with E-state index >= 15 is 0 Å². The lowest BCUT2D eigenvalue weighted by molar-refractivity contribution is 0.196. The topological polar surface area (TPSA) is 20.3 Å². The SMILES string of the molecule is O=[C][C@@H](c1ccccc1F)N1CCCCC1. The Morgan fingerprint density at radius 1 is 1.19 bits per heavy atom. The Labute approximate surface area is 95.1 Å². The number of hydrogen-bond donors (Lipinski definition) is 0. The molecule has 0 spiro atoms. The van der Waals surface area contributed by atoms with E-state index in [4.69, 9.17) is 0 Å². The average Bonchev–Trinajstić information content (AvgIpc) is 2.34. The molecule has 1 saturated heterocycles. The van der Waals surface area contributed by atoms with Gasteiger partial charge < -0.3 is 0 Å². The summed E-state index contributed by atoms with van der Waals surface area (Å²) in [5, 5.41) is 0. The molecule has 1 aromatic rings. The van der Waals surface area contributed by atoms with Gasteiger partial charge in [-0.3, -0.25) is 9.69 Å². The molecule has 0 N–H and O–H groups in total. The summed E-state index contributed by atoms with van der Waals surface area (Å²) in [6.45, 7) is 1.71. The van der Waals surface area contributed by atoms with Gasteiger partial charge in [-0.2, -0.15) is 0 Å². The van der Waals surface area contributed by atoms with Gasteiger partial charge in [-0.25, -0.2) is 4.39 Å². The molecule has 16 heavy (non-hydrogen) atoms. The lowest BCUT2D eigenvalue weighted by Gasteiger charge is -2.31. The zero-order chi connectivity index (χ0) is 11.4. The highest BCUT2D eigenvalue weighted by atomic mass is 19.1. The van der Waals surface area contributed by atoms with E-state index in [0.717, 1.165) is 25.9 Å². The maximum absolute atomic E-state index is 13.6. The first-order valence-corrected chi connectivity index (χ1v) is 5.69. The Morgan fingerprint density at radius 3 is 2.50 bits per heavy atom. The third kappa shape index (κ3) is 2.30. The van der Waals surface area contributed by atoms with Crippen molar-refractivity contribution in [3.05, 3.63) is 35.6 Å². The van der Waals surface area contributed by atoms with E-state index in [0.29, 0.717) is 5.56 Å². The molecule has 1 atom stereocenters. The molecule has 3 heteroatoms. The molecular formula is C13H15FNO. The van der Waals surface area contributed by atoms with Crippen LogP contribution in [-0.2, 0) is 4.79 Å². The second-order valence-electron chi connectivity index (χ2n) is 4.14. The van der Waals surface area contributed by atoms with E-state index in [1.807, 2.05) is 11.2 Å². The summed E-state index contributed by atoms with van der Waals surface area (Å²) in [5.74, 6) is -0.318. The van der Waals surface area contributed by atoms with E-state index in [-0.39, 0.29) is 5.82 Å². The maximum Gasteiger partial charge on any atom is 0.222 e. The molecule has 0 unspecified atom stereocenters. The normalized spacial score (nSPS) is 19.3. The molecule has 0 saturated carbocycles. The number of benzene rings is 1. The van der Waals surface area contributed by atoms with Crippen LogP contribution >= 0.6 is 0 Å². The number of piperidine rings is 1. The van der Waals surface area contributed by atoms with Crippen molar-refractivity contribution in [3.63, 3.8) is 0 Å². The van der Waals surface area contributed by atoms with Crippen molar-refractivity contribution in [2.24, 2.45) is 0 Å². The molecule has 1 heterocycles. The van der Waals surface area contributed by atoms with Crippen LogP contribution in [0.5, 0.6) is 0 Å². The molecule has 0 amide bonds. The largest absolute Gasteiger partial charge is 0.289 e.